The Morgan fingerprint density at radius 3 is 2.47 bits per heavy atom. The van der Waals surface area contributed by atoms with Gasteiger partial charge in [-0.3, -0.25) is 9.79 Å². The van der Waals surface area contributed by atoms with Gasteiger partial charge in [0.05, 0.1) is 6.61 Å². The first-order chi connectivity index (χ1) is 13.8. The van der Waals surface area contributed by atoms with Gasteiger partial charge >= 0.3 is 6.18 Å². The van der Waals surface area contributed by atoms with Gasteiger partial charge in [0.2, 0.25) is 5.60 Å². The molecule has 0 saturated carbocycles. The zero-order valence-corrected chi connectivity index (χ0v) is 16.9. The van der Waals surface area contributed by atoms with E-state index < -0.39 is 35.6 Å². The van der Waals surface area contributed by atoms with Gasteiger partial charge in [0, 0.05) is 18.9 Å². The number of ketones is 1. The van der Waals surface area contributed by atoms with Crippen LogP contribution >= 0.6 is 0 Å². The molecule has 0 fully saturated rings. The van der Waals surface area contributed by atoms with Crippen LogP contribution in [0.15, 0.2) is 27.6 Å². The van der Waals surface area contributed by atoms with Crippen molar-refractivity contribution in [2.75, 3.05) is 6.61 Å². The Morgan fingerprint density at radius 2 is 1.93 bits per heavy atom. The average molecular weight is 427 g/mol. The number of amidine groups is 1. The van der Waals surface area contributed by atoms with Crippen molar-refractivity contribution in [2.24, 2.45) is 10.7 Å². The zero-order valence-electron chi connectivity index (χ0n) is 16.9. The highest BCUT2D eigenvalue weighted by Crippen LogP contribution is 2.41. The molecule has 0 unspecified atom stereocenters. The molecule has 1 aromatic heterocycles. The van der Waals surface area contributed by atoms with E-state index in [-0.39, 0.29) is 23.5 Å². The van der Waals surface area contributed by atoms with E-state index in [9.17, 15) is 22.4 Å². The van der Waals surface area contributed by atoms with E-state index in [0.717, 1.165) is 13.0 Å². The molecule has 6 nitrogen and oxygen atoms in total. The minimum atomic E-state index is -4.78. The van der Waals surface area contributed by atoms with Crippen LogP contribution < -0.4 is 5.73 Å². The maximum atomic E-state index is 14.6. The van der Waals surface area contributed by atoms with Crippen LogP contribution in [-0.2, 0) is 16.7 Å². The van der Waals surface area contributed by atoms with Crippen LogP contribution in [0.3, 0.4) is 0 Å². The number of benzene rings is 1. The van der Waals surface area contributed by atoms with Crippen molar-refractivity contribution in [1.82, 2.24) is 4.98 Å². The predicted molar refractivity (Wildman–Crippen MR) is 99.8 cm³/mol. The quantitative estimate of drug-likeness (QED) is 0.592. The number of aromatic nitrogens is 1. The molecule has 1 aliphatic heterocycles. The summed E-state index contributed by atoms with van der Waals surface area (Å²) in [4.78, 5) is 20.5. The fourth-order valence-corrected chi connectivity index (χ4v) is 3.28. The van der Waals surface area contributed by atoms with E-state index in [4.69, 9.17) is 14.9 Å². The molecule has 10 heteroatoms. The fraction of sp³-hybridized carbons (Fsp3) is 0.450. The molecule has 0 aliphatic carbocycles. The lowest BCUT2D eigenvalue weighted by Crippen LogP contribution is -2.60. The predicted octanol–water partition coefficient (Wildman–Crippen LogP) is 3.78. The van der Waals surface area contributed by atoms with Gasteiger partial charge in [0.25, 0.3) is 0 Å². The summed E-state index contributed by atoms with van der Waals surface area (Å²) < 4.78 is 64.8. The number of ether oxygens (including phenoxy) is 1. The smallest absolute Gasteiger partial charge is 0.424 e. The van der Waals surface area contributed by atoms with Crippen LogP contribution in [0.4, 0.5) is 17.6 Å². The summed E-state index contributed by atoms with van der Waals surface area (Å²) in [6.45, 7) is 4.88. The lowest BCUT2D eigenvalue weighted by Gasteiger charge is -2.41. The third-order valence-corrected chi connectivity index (χ3v) is 5.18. The lowest BCUT2D eigenvalue weighted by atomic mass is 9.88. The van der Waals surface area contributed by atoms with Crippen molar-refractivity contribution in [3.8, 4) is 0 Å². The molecule has 0 amide bonds. The van der Waals surface area contributed by atoms with Crippen LogP contribution in [0.5, 0.6) is 0 Å². The second-order valence-electron chi connectivity index (χ2n) is 7.64. The number of aliphatic imine (C=N–C) groups is 1. The number of halogens is 4. The molecule has 0 spiro atoms. The number of carbonyl (C=O) groups is 1. The summed E-state index contributed by atoms with van der Waals surface area (Å²) in [5, 5.41) is 0. The first-order valence-electron chi connectivity index (χ1n) is 9.09. The molecule has 2 atom stereocenters. The average Bonchev–Trinajstić information content (AvgIpc) is 2.97. The van der Waals surface area contributed by atoms with Gasteiger partial charge in [-0.2, -0.15) is 13.2 Å². The number of nitrogens with zero attached hydrogens (tertiary/aromatic N) is 2. The zero-order chi connectivity index (χ0) is 22.5. The number of alkyl halides is 3. The molecule has 0 radical (unpaired) electrons. The normalized spacial score (nSPS) is 24.6. The van der Waals surface area contributed by atoms with Crippen molar-refractivity contribution in [2.45, 2.75) is 51.4 Å². The Labute approximate surface area is 170 Å². The summed E-state index contributed by atoms with van der Waals surface area (Å²) in [5.74, 6) is -1.10. The maximum absolute atomic E-state index is 14.6. The van der Waals surface area contributed by atoms with Gasteiger partial charge in [-0.1, -0.05) is 6.07 Å². The highest BCUT2D eigenvalue weighted by molar-refractivity contribution is 5.96. The summed E-state index contributed by atoms with van der Waals surface area (Å²) in [7, 11) is 0. The Bertz CT molecular complexity index is 1030. The molecule has 2 aromatic rings. The highest BCUT2D eigenvalue weighted by Gasteiger charge is 2.59. The molecule has 2 N–H and O–H groups in total. The van der Waals surface area contributed by atoms with E-state index in [0.29, 0.717) is 17.2 Å². The third kappa shape index (κ3) is 3.71. The van der Waals surface area contributed by atoms with Crippen molar-refractivity contribution < 1.29 is 31.5 Å². The van der Waals surface area contributed by atoms with Gasteiger partial charge in [-0.15, -0.1) is 0 Å². The van der Waals surface area contributed by atoms with Crippen LogP contribution in [0.25, 0.3) is 0 Å². The summed E-state index contributed by atoms with van der Waals surface area (Å²) in [6, 6.07) is 3.93. The number of hydrogen-bond acceptors (Lipinski definition) is 6. The Hall–Kier alpha value is -2.75. The van der Waals surface area contributed by atoms with Crippen molar-refractivity contribution in [1.29, 1.82) is 0 Å². The number of carbonyl (C=O) groups excluding carboxylic acids is 1. The monoisotopic (exact) mass is 427 g/mol. The minimum Gasteiger partial charge on any atom is -0.446 e. The fourth-order valence-electron chi connectivity index (χ4n) is 3.28. The summed E-state index contributed by atoms with van der Waals surface area (Å²) >= 11 is 0. The number of nitrogens with two attached hydrogens (primary N) is 1. The summed E-state index contributed by atoms with van der Waals surface area (Å²) in [6.07, 6.45) is -4.88. The first-order valence-corrected chi connectivity index (χ1v) is 9.09. The third-order valence-electron chi connectivity index (χ3n) is 5.18. The SMILES string of the molecule is Cc1nc(C(=O)Cc2ccc(F)c([C@]3(C)CO[C@@](C)(C(F)(F)F)C(N)=N3)c2)c(C)o1. The molecular formula is C20H21F4N3O3. The number of rotatable bonds is 4. The van der Waals surface area contributed by atoms with E-state index >= 15 is 0 Å². The topological polar surface area (TPSA) is 90.7 Å². The molecule has 30 heavy (non-hydrogen) atoms. The van der Waals surface area contributed by atoms with Crippen LogP contribution in [0, 0.1) is 19.7 Å². The highest BCUT2D eigenvalue weighted by atomic mass is 19.4. The Morgan fingerprint density at radius 1 is 1.27 bits per heavy atom. The van der Waals surface area contributed by atoms with Gasteiger partial charge in [0.1, 0.15) is 28.6 Å². The molecule has 162 valence electrons. The second-order valence-corrected chi connectivity index (χ2v) is 7.64. The van der Waals surface area contributed by atoms with Gasteiger partial charge in [-0.05, 0) is 38.5 Å². The number of aryl methyl sites for hydroxylation is 2. The van der Waals surface area contributed by atoms with Gasteiger partial charge < -0.3 is 14.9 Å². The Balaban J connectivity index is 1.94. The van der Waals surface area contributed by atoms with E-state index in [1.165, 1.54) is 19.1 Å². The molecular weight excluding hydrogens is 406 g/mol. The lowest BCUT2D eigenvalue weighted by molar-refractivity contribution is -0.249. The van der Waals surface area contributed by atoms with Gasteiger partial charge in [0.15, 0.2) is 11.7 Å². The number of oxazole rings is 1. The van der Waals surface area contributed by atoms with Crippen molar-refractivity contribution in [3.63, 3.8) is 0 Å². The molecule has 0 saturated heterocycles. The second kappa shape index (κ2) is 7.19. The largest absolute Gasteiger partial charge is 0.446 e. The van der Waals surface area contributed by atoms with E-state index in [1.807, 2.05) is 0 Å². The Kier molecular flexibility index (Phi) is 5.26. The van der Waals surface area contributed by atoms with E-state index in [1.54, 1.807) is 13.8 Å². The van der Waals surface area contributed by atoms with Crippen LogP contribution in [0.2, 0.25) is 0 Å². The van der Waals surface area contributed by atoms with Gasteiger partial charge in [-0.25, -0.2) is 9.37 Å². The van der Waals surface area contributed by atoms with Crippen LogP contribution in [-0.4, -0.2) is 35.0 Å². The first kappa shape index (κ1) is 21.9. The van der Waals surface area contributed by atoms with E-state index in [2.05, 4.69) is 9.98 Å². The molecule has 1 aromatic carbocycles. The van der Waals surface area contributed by atoms with Crippen LogP contribution in [0.1, 0.15) is 47.1 Å². The maximum Gasteiger partial charge on any atom is 0.424 e. The molecule has 3 rings (SSSR count). The standard InChI is InChI=1S/C20H21F4N3O3/c1-10-16(26-11(2)30-10)15(28)8-12-5-6-14(21)13(7-12)18(3)9-29-19(4,17(25)27-18)20(22,23)24/h5-7H,8-9H2,1-4H3,(H2,25,27)/t18-,19+/m0/s1. The molecule has 1 aliphatic rings. The number of Topliss-reactive ketones (excluding diaryl/α,β-unsaturated/α-hetero) is 1. The summed E-state index contributed by atoms with van der Waals surface area (Å²) in [5.41, 5.74) is 1.94. The number of hydrogen-bond donors (Lipinski definition) is 1. The van der Waals surface area contributed by atoms with Crippen molar-refractivity contribution >= 4 is 11.6 Å². The minimum absolute atomic E-state index is 0.0203. The molecule has 0 bridgehead atoms. The van der Waals surface area contributed by atoms with Crippen molar-refractivity contribution in [3.05, 3.63) is 52.5 Å². The molecule has 2 heterocycles.